The van der Waals surface area contributed by atoms with Crippen LogP contribution in [0.15, 0.2) is 5.51 Å². The fraction of sp³-hybridized carbons (Fsp3) is 0.760. The molecule has 0 radical (unpaired) electrons. The van der Waals surface area contributed by atoms with E-state index < -0.39 is 11.8 Å². The predicted octanol–water partition coefficient (Wildman–Crippen LogP) is 3.88. The van der Waals surface area contributed by atoms with Crippen LogP contribution in [0.3, 0.4) is 0 Å². The number of nitrogens with zero attached hydrogens (tertiary/aromatic N) is 6. The Morgan fingerprint density at radius 3 is 2.92 bits per heavy atom. The van der Waals surface area contributed by atoms with Gasteiger partial charge in [-0.05, 0) is 58.9 Å². The van der Waals surface area contributed by atoms with Gasteiger partial charge in [0.05, 0.1) is 17.1 Å². The number of aromatic nitrogens is 3. The van der Waals surface area contributed by atoms with Crippen molar-refractivity contribution >= 4 is 33.6 Å². The van der Waals surface area contributed by atoms with E-state index >= 15 is 0 Å². The molecule has 2 bridgehead atoms. The molecule has 2 unspecified atom stereocenters. The van der Waals surface area contributed by atoms with E-state index in [0.717, 1.165) is 54.9 Å². The van der Waals surface area contributed by atoms with Gasteiger partial charge in [-0.1, -0.05) is 0 Å². The molecule has 2 aromatic rings. The molecule has 5 saturated heterocycles. The lowest BCUT2D eigenvalue weighted by Crippen LogP contribution is -2.49. The number of amides is 1. The lowest BCUT2D eigenvalue weighted by molar-refractivity contribution is 0.00809. The van der Waals surface area contributed by atoms with E-state index in [0.29, 0.717) is 44.6 Å². The molecule has 0 spiro atoms. The number of halogens is 1. The first kappa shape index (κ1) is 24.1. The van der Waals surface area contributed by atoms with Crippen LogP contribution in [0, 0.1) is 5.92 Å². The van der Waals surface area contributed by atoms with Gasteiger partial charge in [0.15, 0.2) is 10.6 Å². The van der Waals surface area contributed by atoms with Gasteiger partial charge in [-0.25, -0.2) is 14.2 Å². The molecule has 7 heterocycles. The molecule has 0 aliphatic carbocycles. The summed E-state index contributed by atoms with van der Waals surface area (Å²) in [6, 6.07) is 0.378. The number of fused-ring (bicyclic) bond motifs is 6. The Bertz CT molecular complexity index is 1140. The normalized spacial score (nSPS) is 30.6. The number of ether oxygens (including phenoxy) is 2. The number of alkyl halides is 1. The average molecular weight is 519 g/mol. The topological polar surface area (TPSA) is 83.9 Å². The van der Waals surface area contributed by atoms with Crippen LogP contribution in [-0.4, -0.2) is 93.5 Å². The van der Waals surface area contributed by atoms with Crippen LogP contribution in [0.2, 0.25) is 0 Å². The average Bonchev–Trinajstić information content (AvgIpc) is 3.42. The van der Waals surface area contributed by atoms with Crippen LogP contribution < -0.4 is 9.64 Å². The first-order valence-electron chi connectivity index (χ1n) is 13.1. The Morgan fingerprint density at radius 2 is 2.08 bits per heavy atom. The van der Waals surface area contributed by atoms with Gasteiger partial charge in [0.25, 0.3) is 0 Å². The first-order valence-corrected chi connectivity index (χ1v) is 13.9. The van der Waals surface area contributed by atoms with Gasteiger partial charge in [-0.2, -0.15) is 9.97 Å². The smallest absolute Gasteiger partial charge is 0.410 e. The Kier molecular flexibility index (Phi) is 5.98. The molecular weight excluding hydrogens is 483 g/mol. The van der Waals surface area contributed by atoms with Gasteiger partial charge in [0, 0.05) is 32.6 Å². The number of thiazole rings is 1. The summed E-state index contributed by atoms with van der Waals surface area (Å²) >= 11 is 1.47. The third kappa shape index (κ3) is 4.49. The van der Waals surface area contributed by atoms with Gasteiger partial charge < -0.3 is 19.3 Å². The van der Waals surface area contributed by atoms with E-state index in [4.69, 9.17) is 14.5 Å². The monoisotopic (exact) mass is 518 g/mol. The summed E-state index contributed by atoms with van der Waals surface area (Å²) < 4.78 is 26.1. The lowest BCUT2D eigenvalue weighted by atomic mass is 9.95. The molecule has 5 aliphatic rings. The van der Waals surface area contributed by atoms with Crippen molar-refractivity contribution in [3.05, 3.63) is 5.51 Å². The van der Waals surface area contributed by atoms with Crippen molar-refractivity contribution in [1.82, 2.24) is 24.8 Å². The standard InChI is InChI=1S/C25H35FN6O3S/c1-24(2,3)35-23(33)32-11-16-5-6-18(32)13-30(10-16)20-19-21(36-15-27-19)29-22(28-20)34-14-25-7-4-8-31(25)12-17(26)9-25/h15-18H,4-14H2,1-3H3/t16?,17-,18?,25+/m1/s1. The zero-order valence-corrected chi connectivity index (χ0v) is 22.1. The minimum absolute atomic E-state index is 0.0533. The van der Waals surface area contributed by atoms with Crippen LogP contribution >= 0.6 is 11.3 Å². The molecule has 11 heteroatoms. The highest BCUT2D eigenvalue weighted by Gasteiger charge is 2.49. The van der Waals surface area contributed by atoms with E-state index in [1.54, 1.807) is 5.51 Å². The molecule has 0 N–H and O–H groups in total. The highest BCUT2D eigenvalue weighted by molar-refractivity contribution is 7.16. The van der Waals surface area contributed by atoms with Crippen molar-refractivity contribution in [2.75, 3.05) is 44.2 Å². The highest BCUT2D eigenvalue weighted by atomic mass is 32.1. The molecule has 0 aromatic carbocycles. The van der Waals surface area contributed by atoms with Crippen molar-refractivity contribution in [3.63, 3.8) is 0 Å². The number of hydrogen-bond acceptors (Lipinski definition) is 9. The molecule has 0 saturated carbocycles. The molecule has 5 aliphatic heterocycles. The first-order chi connectivity index (χ1) is 17.2. The molecule has 7 rings (SSSR count). The summed E-state index contributed by atoms with van der Waals surface area (Å²) in [5.41, 5.74) is 1.78. The summed E-state index contributed by atoms with van der Waals surface area (Å²) in [7, 11) is 0. The van der Waals surface area contributed by atoms with Gasteiger partial charge in [-0.15, -0.1) is 11.3 Å². The van der Waals surface area contributed by atoms with E-state index in [1.165, 1.54) is 11.3 Å². The zero-order valence-electron chi connectivity index (χ0n) is 21.3. The van der Waals surface area contributed by atoms with Crippen LogP contribution in [0.1, 0.15) is 52.9 Å². The molecule has 196 valence electrons. The summed E-state index contributed by atoms with van der Waals surface area (Å²) in [4.78, 5) is 34.2. The van der Waals surface area contributed by atoms with Crippen LogP contribution in [-0.2, 0) is 4.74 Å². The number of piperidine rings is 1. The van der Waals surface area contributed by atoms with Crippen molar-refractivity contribution in [3.8, 4) is 6.01 Å². The largest absolute Gasteiger partial charge is 0.461 e. The maximum atomic E-state index is 14.2. The minimum Gasteiger partial charge on any atom is -0.461 e. The number of hydrogen-bond donors (Lipinski definition) is 0. The van der Waals surface area contributed by atoms with Crippen molar-refractivity contribution in [2.24, 2.45) is 5.92 Å². The van der Waals surface area contributed by atoms with E-state index in [2.05, 4.69) is 19.8 Å². The number of carbonyl (C=O) groups is 1. The summed E-state index contributed by atoms with van der Waals surface area (Å²) in [5.74, 6) is 1.09. The molecule has 2 aromatic heterocycles. The fourth-order valence-corrected chi connectivity index (χ4v) is 7.10. The summed E-state index contributed by atoms with van der Waals surface area (Å²) in [6.45, 7) is 9.67. The van der Waals surface area contributed by atoms with Crippen molar-refractivity contribution < 1.29 is 18.7 Å². The number of anilines is 1. The maximum absolute atomic E-state index is 14.2. The minimum atomic E-state index is -0.796. The predicted molar refractivity (Wildman–Crippen MR) is 135 cm³/mol. The second-order valence-electron chi connectivity index (χ2n) is 11.8. The lowest BCUT2D eigenvalue weighted by Gasteiger charge is -2.37. The Labute approximate surface area is 215 Å². The third-order valence-corrected chi connectivity index (χ3v) is 8.75. The molecule has 36 heavy (non-hydrogen) atoms. The Morgan fingerprint density at radius 1 is 1.22 bits per heavy atom. The van der Waals surface area contributed by atoms with E-state index in [9.17, 15) is 9.18 Å². The van der Waals surface area contributed by atoms with E-state index in [1.807, 2.05) is 25.7 Å². The highest BCUT2D eigenvalue weighted by Crippen LogP contribution is 2.41. The van der Waals surface area contributed by atoms with Gasteiger partial charge in [0.1, 0.15) is 23.9 Å². The Hall–Kier alpha value is -2.27. The van der Waals surface area contributed by atoms with Gasteiger partial charge >= 0.3 is 12.1 Å². The van der Waals surface area contributed by atoms with E-state index in [-0.39, 0.29) is 17.7 Å². The van der Waals surface area contributed by atoms with Crippen LogP contribution in [0.25, 0.3) is 10.3 Å². The quantitative estimate of drug-likeness (QED) is 0.603. The van der Waals surface area contributed by atoms with Gasteiger partial charge in [-0.3, -0.25) is 4.90 Å². The maximum Gasteiger partial charge on any atom is 0.410 e. The van der Waals surface area contributed by atoms with Crippen molar-refractivity contribution in [2.45, 2.75) is 76.2 Å². The summed E-state index contributed by atoms with van der Waals surface area (Å²) in [5, 5.41) is 0. The fourth-order valence-electron chi connectivity index (χ4n) is 6.46. The SMILES string of the molecule is CC(C)(C)OC(=O)N1CC2CCC1CN(c1nc(OC[C@@]34CCCN3C[C@H](F)C4)nc3scnc13)C2. The number of carbonyl (C=O) groups excluding carboxylic acids is 1. The van der Waals surface area contributed by atoms with Crippen LogP contribution in [0.5, 0.6) is 6.01 Å². The molecule has 1 amide bonds. The second kappa shape index (κ2) is 8.93. The third-order valence-electron chi connectivity index (χ3n) is 8.03. The Balaban J connectivity index is 1.24. The van der Waals surface area contributed by atoms with Crippen LogP contribution in [0.4, 0.5) is 15.0 Å². The number of rotatable bonds is 4. The molecule has 9 nitrogen and oxygen atoms in total. The molecular formula is C25H35FN6O3S. The summed E-state index contributed by atoms with van der Waals surface area (Å²) in [6.07, 6.45) is 3.50. The van der Waals surface area contributed by atoms with Gasteiger partial charge in [0.2, 0.25) is 0 Å². The van der Waals surface area contributed by atoms with Crippen molar-refractivity contribution in [1.29, 1.82) is 0 Å². The molecule has 5 fully saturated rings. The molecule has 4 atom stereocenters. The second-order valence-corrected chi connectivity index (χ2v) is 12.7. The zero-order chi connectivity index (χ0) is 25.1.